The lowest BCUT2D eigenvalue weighted by Gasteiger charge is -2.08. The fourth-order valence-corrected chi connectivity index (χ4v) is 1.22. The molecule has 0 aliphatic carbocycles. The average Bonchev–Trinajstić information content (AvgIpc) is 2.20. The summed E-state index contributed by atoms with van der Waals surface area (Å²) in [6.45, 7) is 4.81. The SMILES string of the molecule is CC(C)CCOc1cc(CO)c(Cl)cn1. The first-order valence-corrected chi connectivity index (χ1v) is 5.39. The Morgan fingerprint density at radius 2 is 2.27 bits per heavy atom. The van der Waals surface area contributed by atoms with Crippen LogP contribution in [0.2, 0.25) is 5.02 Å². The summed E-state index contributed by atoms with van der Waals surface area (Å²) in [7, 11) is 0. The Morgan fingerprint density at radius 1 is 1.53 bits per heavy atom. The van der Waals surface area contributed by atoms with Gasteiger partial charge in [0.2, 0.25) is 5.88 Å². The van der Waals surface area contributed by atoms with E-state index in [0.717, 1.165) is 6.42 Å². The maximum atomic E-state index is 8.99. The highest BCUT2D eigenvalue weighted by atomic mass is 35.5. The smallest absolute Gasteiger partial charge is 0.213 e. The lowest BCUT2D eigenvalue weighted by Crippen LogP contribution is -2.03. The van der Waals surface area contributed by atoms with Crippen LogP contribution in [0.5, 0.6) is 5.88 Å². The van der Waals surface area contributed by atoms with Gasteiger partial charge in [0.25, 0.3) is 0 Å². The van der Waals surface area contributed by atoms with Crippen molar-refractivity contribution in [2.24, 2.45) is 5.92 Å². The molecule has 1 aromatic heterocycles. The van der Waals surface area contributed by atoms with Crippen LogP contribution in [0.15, 0.2) is 12.3 Å². The van der Waals surface area contributed by atoms with Gasteiger partial charge < -0.3 is 9.84 Å². The van der Waals surface area contributed by atoms with E-state index in [2.05, 4.69) is 18.8 Å². The number of aliphatic hydroxyl groups excluding tert-OH is 1. The van der Waals surface area contributed by atoms with Crippen LogP contribution in [0.4, 0.5) is 0 Å². The van der Waals surface area contributed by atoms with Crippen LogP contribution in [-0.4, -0.2) is 16.7 Å². The number of rotatable bonds is 5. The van der Waals surface area contributed by atoms with Gasteiger partial charge in [-0.25, -0.2) is 4.98 Å². The minimum atomic E-state index is -0.0953. The Bertz CT molecular complexity index is 315. The van der Waals surface area contributed by atoms with Crippen LogP contribution in [0.3, 0.4) is 0 Å². The van der Waals surface area contributed by atoms with E-state index in [1.54, 1.807) is 6.07 Å². The van der Waals surface area contributed by atoms with Crippen molar-refractivity contribution in [3.63, 3.8) is 0 Å². The number of ether oxygens (including phenoxy) is 1. The summed E-state index contributed by atoms with van der Waals surface area (Å²) in [4.78, 5) is 4.02. The monoisotopic (exact) mass is 229 g/mol. The molecule has 15 heavy (non-hydrogen) atoms. The summed E-state index contributed by atoms with van der Waals surface area (Å²) in [5, 5.41) is 9.46. The van der Waals surface area contributed by atoms with Crippen LogP contribution in [0, 0.1) is 5.92 Å². The zero-order valence-corrected chi connectivity index (χ0v) is 9.79. The molecule has 0 atom stereocenters. The van der Waals surface area contributed by atoms with Crippen molar-refractivity contribution >= 4 is 11.6 Å². The van der Waals surface area contributed by atoms with Gasteiger partial charge in [-0.05, 0) is 12.3 Å². The number of hydrogen-bond acceptors (Lipinski definition) is 3. The van der Waals surface area contributed by atoms with Gasteiger partial charge in [-0.15, -0.1) is 0 Å². The molecule has 0 radical (unpaired) electrons. The second kappa shape index (κ2) is 5.93. The molecule has 0 bridgehead atoms. The zero-order chi connectivity index (χ0) is 11.3. The molecule has 1 N–H and O–H groups in total. The van der Waals surface area contributed by atoms with E-state index in [0.29, 0.717) is 29.0 Å². The molecule has 1 heterocycles. The third kappa shape index (κ3) is 4.06. The fourth-order valence-electron chi connectivity index (χ4n) is 1.06. The lowest BCUT2D eigenvalue weighted by atomic mass is 10.1. The first-order chi connectivity index (χ1) is 7.13. The normalized spacial score (nSPS) is 10.7. The Hall–Kier alpha value is -0.800. The van der Waals surface area contributed by atoms with E-state index >= 15 is 0 Å². The Balaban J connectivity index is 2.54. The highest BCUT2D eigenvalue weighted by molar-refractivity contribution is 6.31. The van der Waals surface area contributed by atoms with E-state index in [1.165, 1.54) is 6.20 Å². The first-order valence-electron chi connectivity index (χ1n) is 5.01. The van der Waals surface area contributed by atoms with Gasteiger partial charge in [0.05, 0.1) is 18.2 Å². The fraction of sp³-hybridized carbons (Fsp3) is 0.545. The van der Waals surface area contributed by atoms with E-state index in [1.807, 2.05) is 0 Å². The second-order valence-corrected chi connectivity index (χ2v) is 4.21. The quantitative estimate of drug-likeness (QED) is 0.844. The maximum absolute atomic E-state index is 8.99. The largest absolute Gasteiger partial charge is 0.478 e. The molecule has 0 amide bonds. The highest BCUT2D eigenvalue weighted by Crippen LogP contribution is 2.19. The Morgan fingerprint density at radius 3 is 2.87 bits per heavy atom. The Kier molecular flexibility index (Phi) is 4.85. The first kappa shape index (κ1) is 12.3. The molecule has 0 aliphatic rings. The molecule has 3 nitrogen and oxygen atoms in total. The van der Waals surface area contributed by atoms with Crippen molar-refractivity contribution in [1.82, 2.24) is 4.98 Å². The minimum absolute atomic E-state index is 0.0953. The summed E-state index contributed by atoms with van der Waals surface area (Å²) >= 11 is 5.80. The van der Waals surface area contributed by atoms with Gasteiger partial charge in [0.15, 0.2) is 0 Å². The average molecular weight is 230 g/mol. The molecule has 0 fully saturated rings. The van der Waals surface area contributed by atoms with Gasteiger partial charge >= 0.3 is 0 Å². The number of nitrogens with zero attached hydrogens (tertiary/aromatic N) is 1. The molecule has 0 saturated carbocycles. The topological polar surface area (TPSA) is 42.4 Å². The number of aromatic nitrogens is 1. The third-order valence-corrected chi connectivity index (χ3v) is 2.37. The van der Waals surface area contributed by atoms with Gasteiger partial charge in [-0.2, -0.15) is 0 Å². The molecule has 0 saturated heterocycles. The van der Waals surface area contributed by atoms with E-state index in [9.17, 15) is 0 Å². The summed E-state index contributed by atoms with van der Waals surface area (Å²) < 4.78 is 5.43. The molecule has 0 aromatic carbocycles. The van der Waals surface area contributed by atoms with E-state index in [-0.39, 0.29) is 6.61 Å². The van der Waals surface area contributed by atoms with Crippen LogP contribution >= 0.6 is 11.6 Å². The van der Waals surface area contributed by atoms with Crippen molar-refractivity contribution in [1.29, 1.82) is 0 Å². The molecule has 0 aliphatic heterocycles. The molecular weight excluding hydrogens is 214 g/mol. The van der Waals surface area contributed by atoms with Crippen molar-refractivity contribution in [3.05, 3.63) is 22.8 Å². The van der Waals surface area contributed by atoms with Crippen LogP contribution < -0.4 is 4.74 Å². The zero-order valence-electron chi connectivity index (χ0n) is 9.03. The summed E-state index contributed by atoms with van der Waals surface area (Å²) in [5.74, 6) is 1.12. The number of pyridine rings is 1. The van der Waals surface area contributed by atoms with E-state index < -0.39 is 0 Å². The molecule has 4 heteroatoms. The summed E-state index contributed by atoms with van der Waals surface area (Å²) in [6, 6.07) is 1.67. The predicted molar refractivity (Wildman–Crippen MR) is 60.1 cm³/mol. The van der Waals surface area contributed by atoms with Gasteiger partial charge in [0, 0.05) is 17.8 Å². The van der Waals surface area contributed by atoms with Crippen LogP contribution in [-0.2, 0) is 6.61 Å². The van der Waals surface area contributed by atoms with Gasteiger partial charge in [0.1, 0.15) is 0 Å². The lowest BCUT2D eigenvalue weighted by molar-refractivity contribution is 0.270. The Labute approximate surface area is 95.1 Å². The van der Waals surface area contributed by atoms with Crippen molar-refractivity contribution < 1.29 is 9.84 Å². The predicted octanol–water partition coefficient (Wildman–Crippen LogP) is 2.65. The van der Waals surface area contributed by atoms with Crippen molar-refractivity contribution in [2.75, 3.05) is 6.61 Å². The molecule has 84 valence electrons. The van der Waals surface area contributed by atoms with Crippen LogP contribution in [0.1, 0.15) is 25.8 Å². The van der Waals surface area contributed by atoms with Crippen molar-refractivity contribution in [3.8, 4) is 5.88 Å². The van der Waals surface area contributed by atoms with Crippen LogP contribution in [0.25, 0.3) is 0 Å². The summed E-state index contributed by atoms with van der Waals surface area (Å²) in [6.07, 6.45) is 2.48. The molecule has 1 aromatic rings. The standard InChI is InChI=1S/C11H16ClNO2/c1-8(2)3-4-15-11-5-9(7-14)10(12)6-13-11/h5-6,8,14H,3-4,7H2,1-2H3. The molecular formula is C11H16ClNO2. The maximum Gasteiger partial charge on any atom is 0.213 e. The molecule has 0 spiro atoms. The van der Waals surface area contributed by atoms with Gasteiger partial charge in [-0.1, -0.05) is 25.4 Å². The molecule has 1 rings (SSSR count). The minimum Gasteiger partial charge on any atom is -0.478 e. The summed E-state index contributed by atoms with van der Waals surface area (Å²) in [5.41, 5.74) is 0.645. The number of aliphatic hydroxyl groups is 1. The van der Waals surface area contributed by atoms with Gasteiger partial charge in [-0.3, -0.25) is 0 Å². The number of halogens is 1. The number of hydrogen-bond donors (Lipinski definition) is 1. The molecule has 0 unspecified atom stereocenters. The highest BCUT2D eigenvalue weighted by Gasteiger charge is 2.03. The third-order valence-electron chi connectivity index (χ3n) is 2.03. The van der Waals surface area contributed by atoms with E-state index in [4.69, 9.17) is 21.4 Å². The van der Waals surface area contributed by atoms with Crippen molar-refractivity contribution in [2.45, 2.75) is 26.9 Å². The second-order valence-electron chi connectivity index (χ2n) is 3.80.